The van der Waals surface area contributed by atoms with Crippen LogP contribution in [-0.2, 0) is 19.2 Å². The largest absolute Gasteiger partial charge is 0.482 e. The fourth-order valence-corrected chi connectivity index (χ4v) is 4.98. The molecule has 3 amide bonds. The number of rotatable bonds is 15. The molecule has 12 heteroatoms. The molecule has 0 aliphatic rings. The van der Waals surface area contributed by atoms with E-state index in [1.165, 1.54) is 28.0 Å². The van der Waals surface area contributed by atoms with Crippen LogP contribution in [0.2, 0.25) is 0 Å². The maximum atomic E-state index is 12.8. The van der Waals surface area contributed by atoms with E-state index in [1.807, 2.05) is 31.4 Å². The molecule has 2 aromatic rings. The van der Waals surface area contributed by atoms with Gasteiger partial charge >= 0.3 is 5.97 Å². The standard InChI is InChI=1S/C25H33N3O7S2/c1-17(2)13-18(14-22(30)28(34)16-37-24-5-4-12-36-24)25(33)26-11-10-21(29)27(3)19-6-8-20(9-7-19)35-15-23(31)32/h4-9,12,17-18,34H,10-11,13-16H2,1-3H3,(H,26,33)(H,31,32)/t18-/m1/s1. The normalized spacial score (nSPS) is 11.6. The van der Waals surface area contributed by atoms with Gasteiger partial charge in [0.25, 0.3) is 0 Å². The first-order valence-corrected chi connectivity index (χ1v) is 13.6. The summed E-state index contributed by atoms with van der Waals surface area (Å²) >= 11 is 2.85. The maximum Gasteiger partial charge on any atom is 0.341 e. The Hall–Kier alpha value is -3.09. The Morgan fingerprint density at radius 1 is 1.11 bits per heavy atom. The van der Waals surface area contributed by atoms with E-state index in [0.29, 0.717) is 22.9 Å². The van der Waals surface area contributed by atoms with Crippen LogP contribution in [0.15, 0.2) is 46.0 Å². The molecule has 1 atom stereocenters. The lowest BCUT2D eigenvalue weighted by atomic mass is 9.93. The van der Waals surface area contributed by atoms with E-state index in [9.17, 15) is 24.4 Å². The first-order valence-electron chi connectivity index (χ1n) is 11.7. The van der Waals surface area contributed by atoms with Crippen molar-refractivity contribution in [2.75, 3.05) is 31.0 Å². The lowest BCUT2D eigenvalue weighted by Crippen LogP contribution is -2.38. The van der Waals surface area contributed by atoms with Crippen LogP contribution in [0.3, 0.4) is 0 Å². The van der Waals surface area contributed by atoms with Gasteiger partial charge in [-0.15, -0.1) is 11.3 Å². The molecule has 0 radical (unpaired) electrons. The summed E-state index contributed by atoms with van der Waals surface area (Å²) in [4.78, 5) is 49.9. The number of carboxylic acid groups (broad SMARTS) is 1. The Morgan fingerprint density at radius 3 is 2.41 bits per heavy atom. The van der Waals surface area contributed by atoms with Crippen molar-refractivity contribution in [3.05, 3.63) is 41.8 Å². The summed E-state index contributed by atoms with van der Waals surface area (Å²) in [6.07, 6.45) is 0.384. The van der Waals surface area contributed by atoms with E-state index in [-0.39, 0.29) is 43.0 Å². The van der Waals surface area contributed by atoms with Crippen LogP contribution in [0.1, 0.15) is 33.1 Å². The minimum absolute atomic E-state index is 0.0471. The zero-order valence-corrected chi connectivity index (χ0v) is 22.7. The van der Waals surface area contributed by atoms with E-state index >= 15 is 0 Å². The van der Waals surface area contributed by atoms with Gasteiger partial charge in [-0.1, -0.05) is 31.7 Å². The molecule has 37 heavy (non-hydrogen) atoms. The van der Waals surface area contributed by atoms with E-state index in [1.54, 1.807) is 31.3 Å². The third-order valence-electron chi connectivity index (χ3n) is 5.26. The molecule has 3 N–H and O–H groups in total. The Balaban J connectivity index is 1.83. The monoisotopic (exact) mass is 551 g/mol. The van der Waals surface area contributed by atoms with Crippen molar-refractivity contribution in [2.45, 2.75) is 37.3 Å². The summed E-state index contributed by atoms with van der Waals surface area (Å²) in [5.41, 5.74) is 0.589. The van der Waals surface area contributed by atoms with Gasteiger partial charge in [-0.2, -0.15) is 0 Å². The van der Waals surface area contributed by atoms with Crippen LogP contribution in [0.4, 0.5) is 5.69 Å². The third kappa shape index (κ3) is 10.8. The molecule has 1 aromatic carbocycles. The Labute approximate surface area is 224 Å². The molecule has 0 bridgehead atoms. The number of benzene rings is 1. The van der Waals surface area contributed by atoms with Crippen molar-refractivity contribution in [1.29, 1.82) is 0 Å². The molecule has 0 aliphatic carbocycles. The maximum absolute atomic E-state index is 12.8. The van der Waals surface area contributed by atoms with Crippen LogP contribution in [0.5, 0.6) is 5.75 Å². The molecule has 0 spiro atoms. The fraction of sp³-hybridized carbons (Fsp3) is 0.440. The summed E-state index contributed by atoms with van der Waals surface area (Å²) in [5, 5.41) is 24.1. The summed E-state index contributed by atoms with van der Waals surface area (Å²) in [7, 11) is 1.60. The van der Waals surface area contributed by atoms with E-state index in [2.05, 4.69) is 5.32 Å². The Kier molecular flexibility index (Phi) is 12.4. The second-order valence-electron chi connectivity index (χ2n) is 8.70. The van der Waals surface area contributed by atoms with Crippen molar-refractivity contribution in [1.82, 2.24) is 10.4 Å². The predicted molar refractivity (Wildman–Crippen MR) is 142 cm³/mol. The molecule has 0 saturated heterocycles. The summed E-state index contributed by atoms with van der Waals surface area (Å²) < 4.78 is 6.05. The number of amides is 3. The molecular formula is C25H33N3O7S2. The number of carbonyl (C=O) groups is 4. The van der Waals surface area contributed by atoms with Crippen molar-refractivity contribution >= 4 is 52.5 Å². The van der Waals surface area contributed by atoms with Gasteiger partial charge in [-0.05, 0) is 48.1 Å². The quantitative estimate of drug-likeness (QED) is 0.132. The average Bonchev–Trinajstić information content (AvgIpc) is 3.38. The van der Waals surface area contributed by atoms with Crippen molar-refractivity contribution < 1.29 is 34.2 Å². The number of carbonyl (C=O) groups excluding carboxylic acids is 3. The van der Waals surface area contributed by atoms with Crippen molar-refractivity contribution in [3.8, 4) is 5.75 Å². The van der Waals surface area contributed by atoms with Gasteiger partial charge in [0.05, 0.1) is 10.1 Å². The van der Waals surface area contributed by atoms with Crippen LogP contribution in [-0.4, -0.2) is 65.1 Å². The highest BCUT2D eigenvalue weighted by molar-refractivity contribution is 8.01. The minimum Gasteiger partial charge on any atom is -0.482 e. The first kappa shape index (κ1) is 30.1. The molecule has 202 valence electrons. The Bertz CT molecular complexity index is 1030. The van der Waals surface area contributed by atoms with E-state index in [4.69, 9.17) is 9.84 Å². The van der Waals surface area contributed by atoms with Crippen LogP contribution in [0.25, 0.3) is 0 Å². The van der Waals surface area contributed by atoms with Gasteiger partial charge in [0.1, 0.15) is 5.75 Å². The topological polar surface area (TPSA) is 136 Å². The lowest BCUT2D eigenvalue weighted by Gasteiger charge is -2.21. The molecule has 1 heterocycles. The molecule has 0 saturated carbocycles. The molecule has 1 aromatic heterocycles. The highest BCUT2D eigenvalue weighted by Crippen LogP contribution is 2.25. The number of hydrogen-bond donors (Lipinski definition) is 3. The Morgan fingerprint density at radius 2 is 1.81 bits per heavy atom. The highest BCUT2D eigenvalue weighted by Gasteiger charge is 2.25. The lowest BCUT2D eigenvalue weighted by molar-refractivity contribution is -0.163. The zero-order chi connectivity index (χ0) is 27.4. The molecule has 2 rings (SSSR count). The predicted octanol–water partition coefficient (Wildman–Crippen LogP) is 3.70. The van der Waals surface area contributed by atoms with Crippen molar-refractivity contribution in [3.63, 3.8) is 0 Å². The summed E-state index contributed by atoms with van der Waals surface area (Å²) in [5.74, 6) is -2.21. The number of nitrogens with one attached hydrogen (secondary N) is 1. The van der Waals surface area contributed by atoms with Gasteiger partial charge in [0.15, 0.2) is 6.61 Å². The van der Waals surface area contributed by atoms with Crippen LogP contribution in [0, 0.1) is 11.8 Å². The summed E-state index contributed by atoms with van der Waals surface area (Å²) in [6, 6.07) is 10.2. The third-order valence-corrected chi connectivity index (χ3v) is 7.36. The zero-order valence-electron chi connectivity index (χ0n) is 21.1. The highest BCUT2D eigenvalue weighted by atomic mass is 32.2. The number of aliphatic carboxylic acids is 1. The smallest absolute Gasteiger partial charge is 0.341 e. The first-order chi connectivity index (χ1) is 17.6. The molecule has 0 unspecified atom stereocenters. The number of carboxylic acids is 1. The number of thiophene rings is 1. The number of ether oxygens (including phenoxy) is 1. The number of hydrogen-bond acceptors (Lipinski definition) is 8. The second kappa shape index (κ2) is 15.2. The number of thioether (sulfide) groups is 1. The fourth-order valence-electron chi connectivity index (χ4n) is 3.37. The van der Waals surface area contributed by atoms with Crippen LogP contribution < -0.4 is 15.0 Å². The second-order valence-corrected chi connectivity index (χ2v) is 10.9. The van der Waals surface area contributed by atoms with Gasteiger partial charge in [0, 0.05) is 38.0 Å². The van der Waals surface area contributed by atoms with Crippen molar-refractivity contribution in [2.24, 2.45) is 11.8 Å². The van der Waals surface area contributed by atoms with Gasteiger partial charge < -0.3 is 20.1 Å². The number of anilines is 1. The summed E-state index contributed by atoms with van der Waals surface area (Å²) in [6.45, 7) is 3.54. The van der Waals surface area contributed by atoms with E-state index in [0.717, 1.165) is 4.21 Å². The number of hydroxylamine groups is 2. The minimum atomic E-state index is -1.08. The molecule has 0 fully saturated rings. The van der Waals surface area contributed by atoms with E-state index < -0.39 is 24.4 Å². The number of nitrogens with zero attached hydrogens (tertiary/aromatic N) is 2. The SMILES string of the molecule is CC(C)C[C@H](CC(=O)N(O)CSc1cccs1)C(=O)NCCC(=O)N(C)c1ccc(OCC(=O)O)cc1. The van der Waals surface area contributed by atoms with Crippen LogP contribution >= 0.6 is 23.1 Å². The van der Waals surface area contributed by atoms with Gasteiger partial charge in [-0.3, -0.25) is 19.6 Å². The molecule has 10 nitrogen and oxygen atoms in total. The van der Waals surface area contributed by atoms with Gasteiger partial charge in [0.2, 0.25) is 17.7 Å². The molecular weight excluding hydrogens is 518 g/mol. The average molecular weight is 552 g/mol. The molecule has 0 aliphatic heterocycles. The van der Waals surface area contributed by atoms with Gasteiger partial charge in [-0.25, -0.2) is 9.86 Å².